The number of hydrogen-bond donors (Lipinski definition) is 1. The summed E-state index contributed by atoms with van der Waals surface area (Å²) < 4.78 is 1.77. The van der Waals surface area contributed by atoms with Gasteiger partial charge in [-0.15, -0.1) is 0 Å². The molecule has 0 bridgehead atoms. The minimum Gasteiger partial charge on any atom is -0.384 e. The van der Waals surface area contributed by atoms with Crippen molar-refractivity contribution in [3.8, 4) is 11.3 Å². The first-order valence-corrected chi connectivity index (χ1v) is 6.43. The Kier molecular flexibility index (Phi) is 3.41. The Hall–Kier alpha value is -1.77. The number of aryl methyl sites for hydroxylation is 3. The van der Waals surface area contributed by atoms with E-state index in [1.54, 1.807) is 4.68 Å². The van der Waals surface area contributed by atoms with Gasteiger partial charge in [0.2, 0.25) is 0 Å². The predicted octanol–water partition coefficient (Wildman–Crippen LogP) is 3.24. The van der Waals surface area contributed by atoms with Gasteiger partial charge in [0, 0.05) is 18.2 Å². The average Bonchev–Trinajstić information content (AvgIpc) is 2.61. The van der Waals surface area contributed by atoms with Crippen LogP contribution >= 0.6 is 0 Å². The summed E-state index contributed by atoms with van der Waals surface area (Å²) in [6, 6.07) is 6.46. The Morgan fingerprint density at radius 1 is 1.22 bits per heavy atom. The van der Waals surface area contributed by atoms with Crippen LogP contribution in [0.2, 0.25) is 0 Å². The third-order valence-corrected chi connectivity index (χ3v) is 3.47. The molecule has 0 atom stereocenters. The standard InChI is InChI=1S/C15H21N3/c1-5-6-13-14(17-18(4)15(13)16)12-8-7-10(2)11(3)9-12/h7-9H,5-6,16H2,1-4H3. The van der Waals surface area contributed by atoms with Gasteiger partial charge in [-0.05, 0) is 37.5 Å². The molecule has 1 aromatic carbocycles. The number of benzene rings is 1. The second-order valence-corrected chi connectivity index (χ2v) is 4.89. The van der Waals surface area contributed by atoms with Crippen LogP contribution in [0.1, 0.15) is 30.0 Å². The fraction of sp³-hybridized carbons (Fsp3) is 0.400. The molecule has 2 rings (SSSR count). The summed E-state index contributed by atoms with van der Waals surface area (Å²) in [5.74, 6) is 0.782. The van der Waals surface area contributed by atoms with Crippen molar-refractivity contribution in [2.45, 2.75) is 33.6 Å². The summed E-state index contributed by atoms with van der Waals surface area (Å²) in [4.78, 5) is 0. The van der Waals surface area contributed by atoms with Crippen molar-refractivity contribution in [2.75, 3.05) is 5.73 Å². The van der Waals surface area contributed by atoms with E-state index in [0.717, 1.165) is 29.9 Å². The molecule has 0 radical (unpaired) electrons. The van der Waals surface area contributed by atoms with Gasteiger partial charge in [0.25, 0.3) is 0 Å². The number of aromatic nitrogens is 2. The van der Waals surface area contributed by atoms with Crippen LogP contribution in [0.25, 0.3) is 11.3 Å². The molecule has 96 valence electrons. The maximum absolute atomic E-state index is 6.10. The van der Waals surface area contributed by atoms with Crippen molar-refractivity contribution in [3.05, 3.63) is 34.9 Å². The summed E-state index contributed by atoms with van der Waals surface area (Å²) in [5.41, 5.74) is 12.0. The first kappa shape index (κ1) is 12.7. The van der Waals surface area contributed by atoms with Crippen molar-refractivity contribution in [3.63, 3.8) is 0 Å². The molecule has 2 N–H and O–H groups in total. The summed E-state index contributed by atoms with van der Waals surface area (Å²) in [5, 5.41) is 4.56. The third-order valence-electron chi connectivity index (χ3n) is 3.47. The average molecular weight is 243 g/mol. The number of anilines is 1. The second kappa shape index (κ2) is 4.84. The highest BCUT2D eigenvalue weighted by Gasteiger charge is 2.14. The van der Waals surface area contributed by atoms with Crippen molar-refractivity contribution in [1.82, 2.24) is 9.78 Å². The normalized spacial score (nSPS) is 10.9. The highest BCUT2D eigenvalue weighted by Crippen LogP contribution is 2.29. The van der Waals surface area contributed by atoms with E-state index in [2.05, 4.69) is 44.1 Å². The third kappa shape index (κ3) is 2.13. The van der Waals surface area contributed by atoms with Gasteiger partial charge >= 0.3 is 0 Å². The van der Waals surface area contributed by atoms with Crippen LogP contribution in [0.15, 0.2) is 18.2 Å². The molecule has 0 spiro atoms. The van der Waals surface area contributed by atoms with E-state index >= 15 is 0 Å². The van der Waals surface area contributed by atoms with E-state index in [-0.39, 0.29) is 0 Å². The largest absolute Gasteiger partial charge is 0.384 e. The van der Waals surface area contributed by atoms with E-state index < -0.39 is 0 Å². The molecule has 3 nitrogen and oxygen atoms in total. The summed E-state index contributed by atoms with van der Waals surface area (Å²) in [6.45, 7) is 6.42. The molecule has 0 aliphatic heterocycles. The predicted molar refractivity (Wildman–Crippen MR) is 76.5 cm³/mol. The van der Waals surface area contributed by atoms with Gasteiger partial charge in [-0.1, -0.05) is 25.5 Å². The van der Waals surface area contributed by atoms with Gasteiger partial charge in [0.1, 0.15) is 5.82 Å². The molecular weight excluding hydrogens is 222 g/mol. The zero-order valence-corrected chi connectivity index (χ0v) is 11.6. The van der Waals surface area contributed by atoms with Gasteiger partial charge < -0.3 is 5.73 Å². The Labute approximate surface area is 109 Å². The molecular formula is C15H21N3. The molecule has 0 amide bonds. The van der Waals surface area contributed by atoms with Gasteiger partial charge in [-0.3, -0.25) is 4.68 Å². The molecule has 3 heteroatoms. The fourth-order valence-electron chi connectivity index (χ4n) is 2.20. The molecule has 0 aliphatic rings. The summed E-state index contributed by atoms with van der Waals surface area (Å²) >= 11 is 0. The van der Waals surface area contributed by atoms with Crippen LogP contribution in [0.5, 0.6) is 0 Å². The van der Waals surface area contributed by atoms with Gasteiger partial charge in [-0.2, -0.15) is 5.10 Å². The molecule has 18 heavy (non-hydrogen) atoms. The summed E-state index contributed by atoms with van der Waals surface area (Å²) in [7, 11) is 1.90. The fourth-order valence-corrected chi connectivity index (χ4v) is 2.20. The van der Waals surface area contributed by atoms with Gasteiger partial charge in [0.05, 0.1) is 5.69 Å². The SMILES string of the molecule is CCCc1c(-c2ccc(C)c(C)c2)nn(C)c1N. The molecule has 0 unspecified atom stereocenters. The van der Waals surface area contributed by atoms with Crippen LogP contribution in [0.3, 0.4) is 0 Å². The lowest BCUT2D eigenvalue weighted by atomic mass is 10.0. The van der Waals surface area contributed by atoms with E-state index in [1.165, 1.54) is 16.7 Å². The van der Waals surface area contributed by atoms with Crippen LogP contribution in [0.4, 0.5) is 5.82 Å². The molecule has 0 aliphatic carbocycles. The van der Waals surface area contributed by atoms with Crippen LogP contribution < -0.4 is 5.73 Å². The van der Waals surface area contributed by atoms with Crippen molar-refractivity contribution >= 4 is 5.82 Å². The van der Waals surface area contributed by atoms with Crippen molar-refractivity contribution < 1.29 is 0 Å². The minimum atomic E-state index is 0.782. The summed E-state index contributed by atoms with van der Waals surface area (Å²) in [6.07, 6.45) is 2.05. The van der Waals surface area contributed by atoms with Crippen LogP contribution in [-0.4, -0.2) is 9.78 Å². The number of nitrogen functional groups attached to an aromatic ring is 1. The molecule has 2 aromatic rings. The highest BCUT2D eigenvalue weighted by molar-refractivity contribution is 5.69. The molecule has 1 heterocycles. The lowest BCUT2D eigenvalue weighted by molar-refractivity contribution is 0.781. The highest BCUT2D eigenvalue weighted by atomic mass is 15.3. The first-order chi connectivity index (χ1) is 8.54. The van der Waals surface area contributed by atoms with Crippen LogP contribution in [0, 0.1) is 13.8 Å². The smallest absolute Gasteiger partial charge is 0.125 e. The lowest BCUT2D eigenvalue weighted by Gasteiger charge is -2.05. The minimum absolute atomic E-state index is 0.782. The van der Waals surface area contributed by atoms with Crippen molar-refractivity contribution in [2.24, 2.45) is 7.05 Å². The van der Waals surface area contributed by atoms with E-state index in [9.17, 15) is 0 Å². The van der Waals surface area contributed by atoms with Crippen LogP contribution in [-0.2, 0) is 13.5 Å². The maximum atomic E-state index is 6.10. The monoisotopic (exact) mass is 243 g/mol. The first-order valence-electron chi connectivity index (χ1n) is 6.43. The molecule has 1 aromatic heterocycles. The topological polar surface area (TPSA) is 43.8 Å². The Morgan fingerprint density at radius 2 is 1.94 bits per heavy atom. The van der Waals surface area contributed by atoms with Gasteiger partial charge in [0.15, 0.2) is 0 Å². The Bertz CT molecular complexity index is 567. The Morgan fingerprint density at radius 3 is 2.56 bits per heavy atom. The second-order valence-electron chi connectivity index (χ2n) is 4.89. The zero-order chi connectivity index (χ0) is 13.3. The molecule has 0 fully saturated rings. The van der Waals surface area contributed by atoms with Crippen molar-refractivity contribution in [1.29, 1.82) is 0 Å². The van der Waals surface area contributed by atoms with E-state index in [4.69, 9.17) is 5.73 Å². The number of nitrogens with zero attached hydrogens (tertiary/aromatic N) is 2. The van der Waals surface area contributed by atoms with E-state index in [1.807, 2.05) is 7.05 Å². The molecule has 0 saturated heterocycles. The number of hydrogen-bond acceptors (Lipinski definition) is 2. The van der Waals surface area contributed by atoms with Gasteiger partial charge in [-0.25, -0.2) is 0 Å². The maximum Gasteiger partial charge on any atom is 0.125 e. The van der Waals surface area contributed by atoms with E-state index in [0.29, 0.717) is 0 Å². The lowest BCUT2D eigenvalue weighted by Crippen LogP contribution is -1.99. The Balaban J connectivity index is 2.55. The number of nitrogens with two attached hydrogens (primary N) is 1. The zero-order valence-electron chi connectivity index (χ0n) is 11.6. The quantitative estimate of drug-likeness (QED) is 0.899. The molecule has 0 saturated carbocycles. The number of rotatable bonds is 3.